The first-order valence-electron chi connectivity index (χ1n) is 6.02. The van der Waals surface area contributed by atoms with Crippen molar-refractivity contribution in [1.29, 1.82) is 0 Å². The van der Waals surface area contributed by atoms with Gasteiger partial charge in [-0.3, -0.25) is 9.59 Å². The molecule has 0 saturated carbocycles. The number of nitrogens with two attached hydrogens (primary N) is 2. The third-order valence-electron chi connectivity index (χ3n) is 3.36. The number of hydrogen-bond acceptors (Lipinski definition) is 4. The average Bonchev–Trinajstić information content (AvgIpc) is 2.71. The quantitative estimate of drug-likeness (QED) is 0.470. The maximum absolute atomic E-state index is 11.9. The topological polar surface area (TPSA) is 156 Å². The lowest BCUT2D eigenvalue weighted by atomic mass is 9.89. The van der Waals surface area contributed by atoms with Crippen LogP contribution in [0.5, 0.6) is 0 Å². The summed E-state index contributed by atoms with van der Waals surface area (Å²) in [4.78, 5) is 46.1. The lowest BCUT2D eigenvalue weighted by Crippen LogP contribution is -2.49. The van der Waals surface area contributed by atoms with E-state index >= 15 is 0 Å². The third kappa shape index (κ3) is 3.59. The second-order valence-electron chi connectivity index (χ2n) is 5.11. The number of hydrogen-bond donors (Lipinski definition) is 4. The Bertz CT molecular complexity index is 452. The zero-order valence-corrected chi connectivity index (χ0v) is 11.1. The summed E-state index contributed by atoms with van der Waals surface area (Å²) in [5, 5.41) is 11.1. The number of amides is 4. The molecular formula is C11H18N4O5. The van der Waals surface area contributed by atoms with Crippen molar-refractivity contribution in [2.24, 2.45) is 16.9 Å². The molecule has 9 nitrogen and oxygen atoms in total. The highest BCUT2D eigenvalue weighted by atomic mass is 16.4. The molecule has 20 heavy (non-hydrogen) atoms. The Hall–Kier alpha value is -2.32. The van der Waals surface area contributed by atoms with Crippen LogP contribution in [0.1, 0.15) is 19.8 Å². The first-order chi connectivity index (χ1) is 9.15. The lowest BCUT2D eigenvalue weighted by molar-refractivity contribution is -0.141. The normalized spacial score (nSPS) is 23.1. The van der Waals surface area contributed by atoms with Gasteiger partial charge in [0.05, 0.1) is 11.8 Å². The molecule has 4 amide bonds. The van der Waals surface area contributed by atoms with Gasteiger partial charge in [-0.1, -0.05) is 0 Å². The summed E-state index contributed by atoms with van der Waals surface area (Å²) in [6, 6.07) is -2.05. The van der Waals surface area contributed by atoms with E-state index in [1.165, 1.54) is 4.90 Å². The molecule has 1 unspecified atom stereocenters. The van der Waals surface area contributed by atoms with Crippen molar-refractivity contribution in [3.8, 4) is 0 Å². The molecule has 0 bridgehead atoms. The summed E-state index contributed by atoms with van der Waals surface area (Å²) in [6.07, 6.45) is -0.0920. The summed E-state index contributed by atoms with van der Waals surface area (Å²) in [5.74, 6) is -2.70. The maximum atomic E-state index is 11.9. The van der Waals surface area contributed by atoms with Crippen LogP contribution in [0, 0.1) is 5.41 Å². The van der Waals surface area contributed by atoms with Crippen molar-refractivity contribution in [2.45, 2.75) is 25.8 Å². The summed E-state index contributed by atoms with van der Waals surface area (Å²) in [7, 11) is 0. The molecule has 0 aromatic carbocycles. The number of rotatable bonds is 5. The first-order valence-corrected chi connectivity index (χ1v) is 6.02. The van der Waals surface area contributed by atoms with Gasteiger partial charge in [0.1, 0.15) is 6.04 Å². The van der Waals surface area contributed by atoms with Crippen LogP contribution in [-0.2, 0) is 14.4 Å². The molecule has 0 aliphatic carbocycles. The Balaban J connectivity index is 2.65. The van der Waals surface area contributed by atoms with Crippen LogP contribution in [0.2, 0.25) is 0 Å². The fourth-order valence-electron chi connectivity index (χ4n) is 1.98. The fourth-order valence-corrected chi connectivity index (χ4v) is 1.98. The minimum absolute atomic E-state index is 0.108. The molecule has 9 heteroatoms. The number of carbonyl (C=O) groups is 4. The number of likely N-dealkylation sites (tertiary alicyclic amines) is 1. The molecule has 0 spiro atoms. The molecule has 1 heterocycles. The molecule has 1 saturated heterocycles. The van der Waals surface area contributed by atoms with E-state index in [9.17, 15) is 19.2 Å². The smallest absolute Gasteiger partial charge is 0.326 e. The first kappa shape index (κ1) is 15.7. The van der Waals surface area contributed by atoms with E-state index in [4.69, 9.17) is 16.6 Å². The van der Waals surface area contributed by atoms with E-state index in [1.807, 2.05) is 0 Å². The molecule has 1 aliphatic rings. The van der Waals surface area contributed by atoms with Crippen molar-refractivity contribution >= 4 is 23.8 Å². The predicted octanol–water partition coefficient (Wildman–Crippen LogP) is -1.78. The highest BCUT2D eigenvalue weighted by Crippen LogP contribution is 2.29. The van der Waals surface area contributed by atoms with Gasteiger partial charge in [0.2, 0.25) is 11.8 Å². The van der Waals surface area contributed by atoms with Gasteiger partial charge < -0.3 is 26.8 Å². The fraction of sp³-hybridized carbons (Fsp3) is 0.636. The Labute approximate surface area is 115 Å². The highest BCUT2D eigenvalue weighted by Gasteiger charge is 2.41. The Morgan fingerprint density at radius 2 is 1.95 bits per heavy atom. The van der Waals surface area contributed by atoms with Crippen LogP contribution in [0.25, 0.3) is 0 Å². The Morgan fingerprint density at radius 3 is 2.35 bits per heavy atom. The molecule has 6 N–H and O–H groups in total. The number of aliphatic carboxylic acids is 1. The summed E-state index contributed by atoms with van der Waals surface area (Å²) in [6.45, 7) is 2.03. The summed E-state index contributed by atoms with van der Waals surface area (Å²) >= 11 is 0. The van der Waals surface area contributed by atoms with Crippen molar-refractivity contribution in [2.75, 3.05) is 13.1 Å². The number of urea groups is 1. The van der Waals surface area contributed by atoms with Crippen molar-refractivity contribution < 1.29 is 24.3 Å². The number of carbonyl (C=O) groups excluding carboxylic acids is 3. The van der Waals surface area contributed by atoms with Gasteiger partial charge in [-0.15, -0.1) is 0 Å². The van der Waals surface area contributed by atoms with Crippen LogP contribution >= 0.6 is 0 Å². The molecule has 2 atom stereocenters. The largest absolute Gasteiger partial charge is 0.480 e. The Morgan fingerprint density at radius 1 is 1.35 bits per heavy atom. The van der Waals surface area contributed by atoms with Gasteiger partial charge in [-0.25, -0.2) is 9.59 Å². The number of carboxylic acid groups (broad SMARTS) is 1. The van der Waals surface area contributed by atoms with Gasteiger partial charge in [0.15, 0.2) is 0 Å². The molecule has 0 aromatic heterocycles. The van der Waals surface area contributed by atoms with E-state index in [0.717, 1.165) is 0 Å². The van der Waals surface area contributed by atoms with E-state index in [-0.39, 0.29) is 13.1 Å². The van der Waals surface area contributed by atoms with Gasteiger partial charge >= 0.3 is 12.0 Å². The standard InChI is InChI=1S/C11H18N4O5/c1-11(9(13)19)2-3-15(5-11)10(20)14-6(8(17)18)4-7(12)16/h6H,2-5H2,1H3,(H2,12,16)(H2,13,19)(H,14,20)(H,17,18)/t6-,11?/m1/s1. The zero-order chi connectivity index (χ0) is 15.5. The SMILES string of the molecule is CC1(C(N)=O)CCN(C(=O)N[C@H](CC(N)=O)C(=O)O)C1. The second kappa shape index (κ2) is 5.76. The van der Waals surface area contributed by atoms with E-state index in [2.05, 4.69) is 5.32 Å². The van der Waals surface area contributed by atoms with Crippen molar-refractivity contribution in [3.63, 3.8) is 0 Å². The summed E-state index contributed by atoms with van der Waals surface area (Å²) < 4.78 is 0. The molecule has 1 rings (SSSR count). The number of nitrogens with one attached hydrogen (secondary N) is 1. The van der Waals surface area contributed by atoms with Crippen molar-refractivity contribution in [3.05, 3.63) is 0 Å². The number of nitrogens with zero attached hydrogens (tertiary/aromatic N) is 1. The lowest BCUT2D eigenvalue weighted by Gasteiger charge is -2.23. The minimum atomic E-state index is -1.39. The molecular weight excluding hydrogens is 268 g/mol. The van der Waals surface area contributed by atoms with E-state index in [1.54, 1.807) is 6.92 Å². The van der Waals surface area contributed by atoms with Gasteiger partial charge in [-0.05, 0) is 13.3 Å². The van der Waals surface area contributed by atoms with Crippen LogP contribution < -0.4 is 16.8 Å². The average molecular weight is 286 g/mol. The van der Waals surface area contributed by atoms with Gasteiger partial charge in [0, 0.05) is 13.1 Å². The number of carboxylic acids is 1. The monoisotopic (exact) mass is 286 g/mol. The summed E-state index contributed by atoms with van der Waals surface area (Å²) in [5.41, 5.74) is 9.35. The van der Waals surface area contributed by atoms with E-state index in [0.29, 0.717) is 6.42 Å². The van der Waals surface area contributed by atoms with Crippen LogP contribution in [0.4, 0.5) is 4.79 Å². The predicted molar refractivity (Wildman–Crippen MR) is 67.3 cm³/mol. The van der Waals surface area contributed by atoms with Crippen LogP contribution in [-0.4, -0.2) is 53.0 Å². The molecule has 1 fully saturated rings. The molecule has 0 aromatic rings. The minimum Gasteiger partial charge on any atom is -0.480 e. The second-order valence-corrected chi connectivity index (χ2v) is 5.11. The molecule has 1 aliphatic heterocycles. The maximum Gasteiger partial charge on any atom is 0.326 e. The van der Waals surface area contributed by atoms with Gasteiger partial charge in [0.25, 0.3) is 0 Å². The third-order valence-corrected chi connectivity index (χ3v) is 3.36. The van der Waals surface area contributed by atoms with Gasteiger partial charge in [-0.2, -0.15) is 0 Å². The molecule has 0 radical (unpaired) electrons. The number of primary amides is 2. The molecule has 112 valence electrons. The van der Waals surface area contributed by atoms with E-state index < -0.39 is 41.7 Å². The Kier molecular flexibility index (Phi) is 4.53. The van der Waals surface area contributed by atoms with Crippen LogP contribution in [0.15, 0.2) is 0 Å². The highest BCUT2D eigenvalue weighted by molar-refractivity contribution is 5.88. The van der Waals surface area contributed by atoms with Crippen molar-refractivity contribution in [1.82, 2.24) is 10.2 Å². The zero-order valence-electron chi connectivity index (χ0n) is 11.1. The van der Waals surface area contributed by atoms with Crippen LogP contribution in [0.3, 0.4) is 0 Å².